The van der Waals surface area contributed by atoms with Gasteiger partial charge in [0.2, 0.25) is 0 Å². The fourth-order valence-corrected chi connectivity index (χ4v) is 1.41. The summed E-state index contributed by atoms with van der Waals surface area (Å²) < 4.78 is 0. The van der Waals surface area contributed by atoms with Crippen molar-refractivity contribution in [3.05, 3.63) is 71.6 Å². The fraction of sp³-hybridized carbons (Fsp3) is 0. The van der Waals surface area contributed by atoms with E-state index in [2.05, 4.69) is 9.84 Å². The van der Waals surface area contributed by atoms with Gasteiger partial charge in [-0.15, -0.1) is 0 Å². The van der Waals surface area contributed by atoms with Gasteiger partial charge in [-0.25, -0.2) is 9.84 Å². The molecule has 0 fully saturated rings. The highest BCUT2D eigenvalue weighted by atomic mass is 14.9. The highest BCUT2D eigenvalue weighted by molar-refractivity contribution is 5.99. The maximum atomic E-state index is 6.86. The van der Waals surface area contributed by atoms with Crippen molar-refractivity contribution in [3.8, 4) is 0 Å². The summed E-state index contributed by atoms with van der Waals surface area (Å²) in [6.07, 6.45) is 0. The second-order valence-corrected chi connectivity index (χ2v) is 3.49. The summed E-state index contributed by atoms with van der Waals surface area (Å²) in [4.78, 5) is 7.63. The number of nitrogens with zero attached hydrogens (tertiary/aromatic N) is 2. The van der Waals surface area contributed by atoms with E-state index in [0.717, 1.165) is 11.3 Å². The molecule has 0 saturated heterocycles. The summed E-state index contributed by atoms with van der Waals surface area (Å²) in [5.41, 5.74) is 8.13. The molecule has 2 rings (SSSR count). The predicted molar refractivity (Wildman–Crippen MR) is 69.5 cm³/mol. The van der Waals surface area contributed by atoms with Crippen molar-refractivity contribution >= 4 is 17.2 Å². The summed E-state index contributed by atoms with van der Waals surface area (Å²) in [6.45, 7) is 6.86. The molecule has 0 saturated carbocycles. The highest BCUT2D eigenvalue weighted by Crippen LogP contribution is 2.15. The molecule has 3 heteroatoms. The second-order valence-electron chi connectivity index (χ2n) is 3.49. The Balaban J connectivity index is 2.28. The molecular weight excluding hydrogens is 210 g/mol. The van der Waals surface area contributed by atoms with Crippen LogP contribution in [-0.2, 0) is 0 Å². The van der Waals surface area contributed by atoms with Crippen molar-refractivity contribution in [2.45, 2.75) is 0 Å². The third-order valence-corrected chi connectivity index (χ3v) is 2.30. The SMILES string of the molecule is [C-]#[N+]c1ccc(C(N)=Nc2ccccc2)cc1. The molecule has 0 atom stereocenters. The molecule has 0 aliphatic carbocycles. The molecule has 0 spiro atoms. The van der Waals surface area contributed by atoms with E-state index in [9.17, 15) is 0 Å². The lowest BCUT2D eigenvalue weighted by molar-refractivity contribution is 1.45. The first kappa shape index (κ1) is 10.9. The number of hydrogen-bond acceptors (Lipinski definition) is 1. The van der Waals surface area contributed by atoms with Gasteiger partial charge in [0.05, 0.1) is 12.3 Å². The van der Waals surface area contributed by atoms with Gasteiger partial charge in [0.25, 0.3) is 0 Å². The summed E-state index contributed by atoms with van der Waals surface area (Å²) >= 11 is 0. The minimum Gasteiger partial charge on any atom is -0.383 e. The van der Waals surface area contributed by atoms with Gasteiger partial charge in [-0.2, -0.15) is 0 Å². The third-order valence-electron chi connectivity index (χ3n) is 2.30. The Labute approximate surface area is 100 Å². The van der Waals surface area contributed by atoms with Crippen molar-refractivity contribution in [1.29, 1.82) is 0 Å². The number of para-hydroxylation sites is 1. The molecule has 0 aromatic heterocycles. The molecule has 3 nitrogen and oxygen atoms in total. The van der Waals surface area contributed by atoms with Crippen molar-refractivity contribution in [2.24, 2.45) is 10.7 Å². The van der Waals surface area contributed by atoms with Crippen LogP contribution in [-0.4, -0.2) is 5.84 Å². The van der Waals surface area contributed by atoms with Crippen molar-refractivity contribution in [3.63, 3.8) is 0 Å². The zero-order valence-electron chi connectivity index (χ0n) is 9.17. The van der Waals surface area contributed by atoms with Crippen LogP contribution in [0.25, 0.3) is 4.85 Å². The predicted octanol–water partition coefficient (Wildman–Crippen LogP) is 3.27. The molecule has 0 aliphatic heterocycles. The number of hydrogen-bond donors (Lipinski definition) is 1. The van der Waals surface area contributed by atoms with Gasteiger partial charge in [-0.05, 0) is 12.1 Å². The van der Waals surface area contributed by atoms with Gasteiger partial charge in [-0.3, -0.25) is 0 Å². The van der Waals surface area contributed by atoms with Gasteiger partial charge in [0.15, 0.2) is 5.69 Å². The van der Waals surface area contributed by atoms with Crippen LogP contribution in [0.2, 0.25) is 0 Å². The lowest BCUT2D eigenvalue weighted by atomic mass is 10.2. The van der Waals surface area contributed by atoms with Gasteiger partial charge in [0, 0.05) is 5.56 Å². The van der Waals surface area contributed by atoms with E-state index < -0.39 is 0 Å². The number of rotatable bonds is 2. The van der Waals surface area contributed by atoms with E-state index in [0.29, 0.717) is 11.5 Å². The van der Waals surface area contributed by atoms with Crippen molar-refractivity contribution in [1.82, 2.24) is 0 Å². The molecule has 2 aromatic rings. The standard InChI is InChI=1S/C14H11N3/c1-16-12-9-7-11(8-10-12)14(15)17-13-5-3-2-4-6-13/h2-10H,(H2,15,17). The Morgan fingerprint density at radius 3 is 2.24 bits per heavy atom. The van der Waals surface area contributed by atoms with Crippen LogP contribution in [0, 0.1) is 6.57 Å². The first-order chi connectivity index (χ1) is 8.29. The topological polar surface area (TPSA) is 42.7 Å². The van der Waals surface area contributed by atoms with Crippen LogP contribution in [0.5, 0.6) is 0 Å². The van der Waals surface area contributed by atoms with Crippen molar-refractivity contribution < 1.29 is 0 Å². The normalized spacial score (nSPS) is 10.9. The lowest BCUT2D eigenvalue weighted by Gasteiger charge is -2.01. The maximum absolute atomic E-state index is 6.86. The fourth-order valence-electron chi connectivity index (χ4n) is 1.41. The number of aliphatic imine (C=N–C) groups is 1. The minimum absolute atomic E-state index is 0.452. The number of nitrogens with two attached hydrogens (primary N) is 1. The van der Waals surface area contributed by atoms with Gasteiger partial charge in [0.1, 0.15) is 5.84 Å². The molecule has 2 aromatic carbocycles. The lowest BCUT2D eigenvalue weighted by Crippen LogP contribution is -2.12. The summed E-state index contributed by atoms with van der Waals surface area (Å²) in [5, 5.41) is 0. The van der Waals surface area contributed by atoms with Gasteiger partial charge in [-0.1, -0.05) is 42.5 Å². The first-order valence-electron chi connectivity index (χ1n) is 5.17. The average molecular weight is 221 g/mol. The molecule has 0 amide bonds. The van der Waals surface area contributed by atoms with E-state index in [-0.39, 0.29) is 0 Å². The first-order valence-corrected chi connectivity index (χ1v) is 5.17. The maximum Gasteiger partial charge on any atom is 0.187 e. The van der Waals surface area contributed by atoms with E-state index in [1.165, 1.54) is 0 Å². The molecule has 17 heavy (non-hydrogen) atoms. The smallest absolute Gasteiger partial charge is 0.187 e. The Bertz CT molecular complexity index is 563. The van der Waals surface area contributed by atoms with Crippen LogP contribution < -0.4 is 5.73 Å². The van der Waals surface area contributed by atoms with Crippen LogP contribution in [0.4, 0.5) is 11.4 Å². The zero-order valence-corrected chi connectivity index (χ0v) is 9.17. The quantitative estimate of drug-likeness (QED) is 0.472. The zero-order chi connectivity index (χ0) is 12.1. The second kappa shape index (κ2) is 4.95. The molecule has 2 N–H and O–H groups in total. The van der Waals surface area contributed by atoms with E-state index in [4.69, 9.17) is 12.3 Å². The van der Waals surface area contributed by atoms with Crippen molar-refractivity contribution in [2.75, 3.05) is 0 Å². The molecule has 82 valence electrons. The van der Waals surface area contributed by atoms with E-state index in [1.807, 2.05) is 30.3 Å². The number of amidine groups is 1. The van der Waals surface area contributed by atoms with Gasteiger partial charge < -0.3 is 5.73 Å². The van der Waals surface area contributed by atoms with E-state index in [1.54, 1.807) is 24.3 Å². The molecule has 0 bridgehead atoms. The Morgan fingerprint density at radius 2 is 1.65 bits per heavy atom. The molecule has 0 aliphatic rings. The van der Waals surface area contributed by atoms with Gasteiger partial charge >= 0.3 is 0 Å². The highest BCUT2D eigenvalue weighted by Gasteiger charge is 1.98. The van der Waals surface area contributed by atoms with Crippen LogP contribution in [0.3, 0.4) is 0 Å². The number of benzene rings is 2. The Morgan fingerprint density at radius 1 is 1.00 bits per heavy atom. The monoisotopic (exact) mass is 221 g/mol. The Kier molecular flexibility index (Phi) is 3.18. The molecule has 0 radical (unpaired) electrons. The van der Waals surface area contributed by atoms with Crippen LogP contribution in [0.15, 0.2) is 59.6 Å². The summed E-state index contributed by atoms with van der Waals surface area (Å²) in [6, 6.07) is 16.6. The third kappa shape index (κ3) is 2.70. The average Bonchev–Trinajstić information content (AvgIpc) is 2.40. The molecule has 0 unspecified atom stereocenters. The van der Waals surface area contributed by atoms with E-state index >= 15 is 0 Å². The Hall–Kier alpha value is -2.60. The molecule has 0 heterocycles. The van der Waals surface area contributed by atoms with Crippen LogP contribution in [0.1, 0.15) is 5.56 Å². The van der Waals surface area contributed by atoms with Crippen LogP contribution >= 0.6 is 0 Å². The summed E-state index contributed by atoms with van der Waals surface area (Å²) in [7, 11) is 0. The largest absolute Gasteiger partial charge is 0.383 e. The summed E-state index contributed by atoms with van der Waals surface area (Å²) in [5.74, 6) is 0.452. The molecular formula is C14H11N3. The minimum atomic E-state index is 0.452.